The van der Waals surface area contributed by atoms with Crippen LogP contribution in [-0.4, -0.2) is 66.2 Å². The normalized spacial score (nSPS) is 26.9. The minimum absolute atomic E-state index is 0.0740. The van der Waals surface area contributed by atoms with Gasteiger partial charge in [0.25, 0.3) is 5.91 Å². The van der Waals surface area contributed by atoms with E-state index in [4.69, 9.17) is 4.74 Å². The Morgan fingerprint density at radius 3 is 2.88 bits per heavy atom. The van der Waals surface area contributed by atoms with Gasteiger partial charge in [0.1, 0.15) is 23.8 Å². The van der Waals surface area contributed by atoms with Gasteiger partial charge in [-0.1, -0.05) is 12.5 Å². The number of aromatic amines is 1. The van der Waals surface area contributed by atoms with E-state index in [2.05, 4.69) is 15.6 Å². The summed E-state index contributed by atoms with van der Waals surface area (Å²) in [6, 6.07) is 5.96. The summed E-state index contributed by atoms with van der Waals surface area (Å²) < 4.78 is 5.41. The van der Waals surface area contributed by atoms with Crippen LogP contribution < -0.4 is 15.4 Å². The van der Waals surface area contributed by atoms with Crippen LogP contribution in [-0.2, 0) is 14.4 Å². The van der Waals surface area contributed by atoms with Crippen molar-refractivity contribution < 1.29 is 23.9 Å². The Morgan fingerprint density at radius 2 is 2.15 bits per heavy atom. The molecule has 0 radical (unpaired) electrons. The molecule has 3 amide bonds. The van der Waals surface area contributed by atoms with E-state index < -0.39 is 12.1 Å². The molecule has 3 heterocycles. The second-order valence-corrected chi connectivity index (χ2v) is 9.63. The Hall–Kier alpha value is -3.36. The largest absolute Gasteiger partial charge is 0.496 e. The third-order valence-corrected chi connectivity index (χ3v) is 7.69. The molecule has 34 heavy (non-hydrogen) atoms. The lowest BCUT2D eigenvalue weighted by Crippen LogP contribution is -2.52. The quantitative estimate of drug-likeness (QED) is 0.536. The summed E-state index contributed by atoms with van der Waals surface area (Å²) in [5.41, 5.74) is 1.20. The molecule has 1 aliphatic carbocycles. The number of carbonyl (C=O) groups excluding carboxylic acids is 4. The zero-order valence-corrected chi connectivity index (χ0v) is 19.2. The number of fused-ring (bicyclic) bond motifs is 2. The number of ether oxygens (including phenoxy) is 1. The van der Waals surface area contributed by atoms with Crippen molar-refractivity contribution in [2.24, 2.45) is 17.8 Å². The van der Waals surface area contributed by atoms with Gasteiger partial charge >= 0.3 is 0 Å². The van der Waals surface area contributed by atoms with Gasteiger partial charge in [-0.2, -0.15) is 0 Å². The molecular weight excluding hydrogens is 436 g/mol. The Morgan fingerprint density at radius 1 is 1.29 bits per heavy atom. The Bertz CT molecular complexity index is 1130. The van der Waals surface area contributed by atoms with E-state index in [0.29, 0.717) is 37.2 Å². The van der Waals surface area contributed by atoms with Crippen molar-refractivity contribution in [3.05, 3.63) is 30.0 Å². The summed E-state index contributed by atoms with van der Waals surface area (Å²) in [5.74, 6) is 0.114. The van der Waals surface area contributed by atoms with Crippen LogP contribution in [0.2, 0.25) is 0 Å². The van der Waals surface area contributed by atoms with Gasteiger partial charge in [0.05, 0.1) is 13.2 Å². The molecule has 0 spiro atoms. The van der Waals surface area contributed by atoms with Crippen molar-refractivity contribution >= 4 is 34.9 Å². The average Bonchev–Trinajstić information content (AvgIpc) is 3.61. The molecule has 1 aromatic heterocycles. The number of benzene rings is 1. The van der Waals surface area contributed by atoms with Crippen LogP contribution in [0.4, 0.5) is 0 Å². The van der Waals surface area contributed by atoms with E-state index in [9.17, 15) is 19.2 Å². The fourth-order valence-corrected chi connectivity index (χ4v) is 6.02. The molecule has 9 heteroatoms. The predicted molar refractivity (Wildman–Crippen MR) is 124 cm³/mol. The molecule has 2 saturated heterocycles. The zero-order valence-electron chi connectivity index (χ0n) is 19.2. The summed E-state index contributed by atoms with van der Waals surface area (Å²) in [6.07, 6.45) is 4.52. The second-order valence-electron chi connectivity index (χ2n) is 9.63. The Labute approximate surface area is 197 Å². The van der Waals surface area contributed by atoms with E-state index in [1.54, 1.807) is 18.1 Å². The highest BCUT2D eigenvalue weighted by Crippen LogP contribution is 2.43. The summed E-state index contributed by atoms with van der Waals surface area (Å²) in [6.45, 7) is 1.11. The monoisotopic (exact) mass is 466 g/mol. The lowest BCUT2D eigenvalue weighted by Gasteiger charge is -2.28. The topological polar surface area (TPSA) is 121 Å². The molecule has 3 unspecified atom stereocenters. The van der Waals surface area contributed by atoms with Crippen molar-refractivity contribution in [1.82, 2.24) is 20.5 Å². The van der Waals surface area contributed by atoms with Gasteiger partial charge in [0.15, 0.2) is 0 Å². The van der Waals surface area contributed by atoms with Gasteiger partial charge in [0, 0.05) is 29.9 Å². The maximum absolute atomic E-state index is 13.6. The maximum atomic E-state index is 13.6. The standard InChI is InChI=1S/C25H30N4O5/c1-34-21-7-3-6-19-18(21)11-20(28-19)25(33)29-12-15-4-2-5-17(15)22(29)24(32)27-16(13-30)10-14-8-9-26-23(14)31/h3,6-7,11,13-17,22,28H,2,4-5,8-10,12H2,1H3,(H,26,31)(H,27,32)/t14-,15?,16?,17?,22-/m0/s1. The first kappa shape index (κ1) is 22.4. The van der Waals surface area contributed by atoms with E-state index in [1.807, 2.05) is 18.2 Å². The summed E-state index contributed by atoms with van der Waals surface area (Å²) >= 11 is 0. The second kappa shape index (κ2) is 9.12. The molecule has 3 fully saturated rings. The number of hydrogen-bond acceptors (Lipinski definition) is 5. The van der Waals surface area contributed by atoms with E-state index in [-0.39, 0.29) is 41.9 Å². The molecule has 3 N–H and O–H groups in total. The van der Waals surface area contributed by atoms with Crippen molar-refractivity contribution in [1.29, 1.82) is 0 Å². The summed E-state index contributed by atoms with van der Waals surface area (Å²) in [5, 5.41) is 6.41. The number of carbonyl (C=O) groups is 4. The number of likely N-dealkylation sites (tertiary alicyclic amines) is 1. The summed E-state index contributed by atoms with van der Waals surface area (Å²) in [4.78, 5) is 55.5. The molecule has 2 aromatic rings. The average molecular weight is 467 g/mol. The van der Waals surface area contributed by atoms with Gasteiger partial charge in [-0.05, 0) is 55.7 Å². The summed E-state index contributed by atoms with van der Waals surface area (Å²) in [7, 11) is 1.59. The fourth-order valence-electron chi connectivity index (χ4n) is 6.02. The van der Waals surface area contributed by atoms with Crippen molar-refractivity contribution in [3.8, 4) is 5.75 Å². The van der Waals surface area contributed by atoms with Gasteiger partial charge in [-0.3, -0.25) is 14.4 Å². The molecule has 5 atom stereocenters. The van der Waals surface area contributed by atoms with Crippen LogP contribution >= 0.6 is 0 Å². The number of aromatic nitrogens is 1. The van der Waals surface area contributed by atoms with E-state index in [0.717, 1.165) is 30.2 Å². The number of methoxy groups -OCH3 is 1. The molecule has 180 valence electrons. The highest BCUT2D eigenvalue weighted by Gasteiger charge is 2.50. The minimum Gasteiger partial charge on any atom is -0.496 e. The smallest absolute Gasteiger partial charge is 0.271 e. The molecular formula is C25H30N4O5. The Balaban J connectivity index is 1.37. The zero-order chi connectivity index (χ0) is 23.8. The number of H-pyrrole nitrogens is 1. The number of aldehydes is 1. The first-order valence-corrected chi connectivity index (χ1v) is 12.0. The van der Waals surface area contributed by atoms with Gasteiger partial charge in [-0.25, -0.2) is 0 Å². The first-order valence-electron chi connectivity index (χ1n) is 12.0. The van der Waals surface area contributed by atoms with Gasteiger partial charge < -0.3 is 30.0 Å². The number of amides is 3. The molecule has 5 rings (SSSR count). The molecule has 2 aliphatic heterocycles. The third-order valence-electron chi connectivity index (χ3n) is 7.69. The predicted octanol–water partition coefficient (Wildman–Crippen LogP) is 1.63. The van der Waals surface area contributed by atoms with Gasteiger partial charge in [-0.15, -0.1) is 0 Å². The molecule has 1 saturated carbocycles. The van der Waals surface area contributed by atoms with Crippen molar-refractivity contribution in [2.75, 3.05) is 20.2 Å². The van der Waals surface area contributed by atoms with Crippen molar-refractivity contribution in [3.63, 3.8) is 0 Å². The first-order chi connectivity index (χ1) is 16.5. The molecule has 0 bridgehead atoms. The van der Waals surface area contributed by atoms with Gasteiger partial charge in [0.2, 0.25) is 11.8 Å². The lowest BCUT2D eigenvalue weighted by atomic mass is 9.92. The van der Waals surface area contributed by atoms with Crippen molar-refractivity contribution in [2.45, 2.75) is 44.2 Å². The fraction of sp³-hybridized carbons (Fsp3) is 0.520. The Kier molecular flexibility index (Phi) is 6.02. The van der Waals surface area contributed by atoms with Crippen LogP contribution in [0.15, 0.2) is 24.3 Å². The van der Waals surface area contributed by atoms with Crippen LogP contribution in [0.5, 0.6) is 5.75 Å². The molecule has 1 aromatic carbocycles. The highest BCUT2D eigenvalue weighted by atomic mass is 16.5. The minimum atomic E-state index is -0.754. The third kappa shape index (κ3) is 3.93. The lowest BCUT2D eigenvalue weighted by molar-refractivity contribution is -0.129. The van der Waals surface area contributed by atoms with Crippen LogP contribution in [0.3, 0.4) is 0 Å². The van der Waals surface area contributed by atoms with Crippen LogP contribution in [0.1, 0.15) is 42.6 Å². The molecule has 3 aliphatic rings. The number of rotatable bonds is 7. The number of nitrogens with one attached hydrogen (secondary N) is 3. The van der Waals surface area contributed by atoms with Crippen LogP contribution in [0, 0.1) is 17.8 Å². The van der Waals surface area contributed by atoms with E-state index >= 15 is 0 Å². The number of nitrogens with zero attached hydrogens (tertiary/aromatic N) is 1. The SMILES string of the molecule is COc1cccc2[nH]c(C(=O)N3CC4CCCC4[C@H]3C(=O)NC(C=O)C[C@@H]3CCNC3=O)cc12. The molecule has 9 nitrogen and oxygen atoms in total. The number of hydrogen-bond donors (Lipinski definition) is 3. The van der Waals surface area contributed by atoms with E-state index in [1.165, 1.54) is 0 Å². The van der Waals surface area contributed by atoms with Crippen LogP contribution in [0.25, 0.3) is 10.9 Å². The highest BCUT2D eigenvalue weighted by molar-refractivity contribution is 6.02. The maximum Gasteiger partial charge on any atom is 0.271 e.